The molecule has 0 heterocycles. The summed E-state index contributed by atoms with van der Waals surface area (Å²) in [6.07, 6.45) is -1.17. The summed E-state index contributed by atoms with van der Waals surface area (Å²) in [5.74, 6) is -1.40. The molecule has 1 nitrogen and oxygen atoms in total. The van der Waals surface area contributed by atoms with E-state index in [1.165, 1.54) is 13.0 Å². The first-order valence-electron chi connectivity index (χ1n) is 5.80. The molecule has 0 aliphatic carbocycles. The van der Waals surface area contributed by atoms with E-state index in [9.17, 15) is 13.9 Å². The van der Waals surface area contributed by atoms with Gasteiger partial charge in [-0.2, -0.15) is 0 Å². The molecule has 0 aliphatic heterocycles. The van der Waals surface area contributed by atoms with Gasteiger partial charge in [0.2, 0.25) is 0 Å². The Balaban J connectivity index is 2.52. The van der Waals surface area contributed by atoms with Crippen molar-refractivity contribution in [2.45, 2.75) is 20.0 Å². The maximum absolute atomic E-state index is 13.8. The molecule has 0 amide bonds. The number of aryl methyl sites for hydroxylation is 2. The topological polar surface area (TPSA) is 20.2 Å². The van der Waals surface area contributed by atoms with Gasteiger partial charge in [-0.3, -0.25) is 0 Å². The number of hydrogen-bond donors (Lipinski definition) is 1. The Bertz CT molecular complexity index is 626. The summed E-state index contributed by atoms with van der Waals surface area (Å²) >= 11 is 5.88. The van der Waals surface area contributed by atoms with Crippen LogP contribution in [0.2, 0.25) is 5.02 Å². The van der Waals surface area contributed by atoms with Crippen molar-refractivity contribution in [3.8, 4) is 0 Å². The van der Waals surface area contributed by atoms with Crippen LogP contribution < -0.4 is 0 Å². The fourth-order valence-electron chi connectivity index (χ4n) is 1.96. The van der Waals surface area contributed by atoms with E-state index < -0.39 is 17.7 Å². The summed E-state index contributed by atoms with van der Waals surface area (Å²) in [7, 11) is 0. The molecule has 0 saturated carbocycles. The molecule has 0 spiro atoms. The highest BCUT2D eigenvalue weighted by Gasteiger charge is 2.19. The van der Waals surface area contributed by atoms with Crippen LogP contribution in [0.3, 0.4) is 0 Å². The number of halogens is 3. The third-order valence-corrected chi connectivity index (χ3v) is 3.34. The van der Waals surface area contributed by atoms with Gasteiger partial charge in [0.25, 0.3) is 0 Å². The summed E-state index contributed by atoms with van der Waals surface area (Å²) < 4.78 is 27.0. The predicted octanol–water partition coefficient (Wildman–Crippen LogP) is 4.32. The first-order valence-corrected chi connectivity index (χ1v) is 6.17. The minimum Gasteiger partial charge on any atom is -0.384 e. The van der Waals surface area contributed by atoms with Gasteiger partial charge in [-0.15, -0.1) is 0 Å². The minimum absolute atomic E-state index is 0.0456. The minimum atomic E-state index is -1.17. The van der Waals surface area contributed by atoms with Crippen molar-refractivity contribution in [2.24, 2.45) is 0 Å². The smallest absolute Gasteiger partial charge is 0.132 e. The molecule has 0 aromatic heterocycles. The van der Waals surface area contributed by atoms with Crippen LogP contribution in [-0.4, -0.2) is 5.11 Å². The predicted molar refractivity (Wildman–Crippen MR) is 71.3 cm³/mol. The van der Waals surface area contributed by atoms with Crippen molar-refractivity contribution >= 4 is 11.6 Å². The normalized spacial score (nSPS) is 12.5. The van der Waals surface area contributed by atoms with Crippen LogP contribution >= 0.6 is 11.6 Å². The summed E-state index contributed by atoms with van der Waals surface area (Å²) in [6, 6.07) is 7.12. The van der Waals surface area contributed by atoms with Gasteiger partial charge >= 0.3 is 0 Å². The second-order valence-corrected chi connectivity index (χ2v) is 4.96. The number of aliphatic hydroxyl groups excluding tert-OH is 1. The molecule has 2 aromatic carbocycles. The summed E-state index contributed by atoms with van der Waals surface area (Å²) in [5.41, 5.74) is 1.63. The zero-order chi connectivity index (χ0) is 14.2. The summed E-state index contributed by atoms with van der Waals surface area (Å²) in [6.45, 7) is 3.32. The summed E-state index contributed by atoms with van der Waals surface area (Å²) in [5, 5.41) is 10.7. The van der Waals surface area contributed by atoms with E-state index in [1.807, 2.05) is 0 Å². The van der Waals surface area contributed by atoms with Gasteiger partial charge < -0.3 is 5.11 Å². The maximum atomic E-state index is 13.8. The number of benzene rings is 2. The van der Waals surface area contributed by atoms with Crippen LogP contribution in [0, 0.1) is 25.5 Å². The highest BCUT2D eigenvalue weighted by molar-refractivity contribution is 6.30. The Morgan fingerprint density at radius 3 is 2.32 bits per heavy atom. The zero-order valence-electron chi connectivity index (χ0n) is 10.5. The maximum Gasteiger partial charge on any atom is 0.132 e. The van der Waals surface area contributed by atoms with Gasteiger partial charge in [0.15, 0.2) is 0 Å². The standard InChI is InChI=1S/C15H13ClF2O/c1-8-3-4-10(16)6-11(8)15(19)12-5-9(2)13(17)7-14(12)18/h3-7,15,19H,1-2H3. The number of aliphatic hydroxyl groups is 1. The Morgan fingerprint density at radius 1 is 0.947 bits per heavy atom. The van der Waals surface area contributed by atoms with E-state index in [-0.39, 0.29) is 11.1 Å². The molecule has 2 aromatic rings. The van der Waals surface area contributed by atoms with Crippen molar-refractivity contribution in [1.29, 1.82) is 0 Å². The van der Waals surface area contributed by atoms with Crippen molar-refractivity contribution in [3.05, 3.63) is 69.2 Å². The van der Waals surface area contributed by atoms with E-state index in [2.05, 4.69) is 0 Å². The van der Waals surface area contributed by atoms with E-state index >= 15 is 0 Å². The average molecular weight is 283 g/mol. The zero-order valence-corrected chi connectivity index (χ0v) is 11.3. The quantitative estimate of drug-likeness (QED) is 0.870. The summed E-state index contributed by atoms with van der Waals surface area (Å²) in [4.78, 5) is 0. The van der Waals surface area contributed by atoms with Crippen LogP contribution in [0.4, 0.5) is 8.78 Å². The lowest BCUT2D eigenvalue weighted by Crippen LogP contribution is -2.06. The van der Waals surface area contributed by atoms with Gasteiger partial charge in [-0.25, -0.2) is 8.78 Å². The van der Waals surface area contributed by atoms with Gasteiger partial charge in [-0.1, -0.05) is 17.7 Å². The van der Waals surface area contributed by atoms with E-state index in [0.717, 1.165) is 11.6 Å². The Labute approximate surface area is 115 Å². The average Bonchev–Trinajstić information content (AvgIpc) is 2.36. The lowest BCUT2D eigenvalue weighted by molar-refractivity contribution is 0.214. The van der Waals surface area contributed by atoms with Crippen LogP contribution in [0.5, 0.6) is 0 Å². The SMILES string of the molecule is Cc1cc(C(O)c2cc(Cl)ccc2C)c(F)cc1F. The molecule has 0 bridgehead atoms. The highest BCUT2D eigenvalue weighted by atomic mass is 35.5. The second kappa shape index (κ2) is 5.27. The van der Waals surface area contributed by atoms with Crippen LogP contribution in [0.15, 0.2) is 30.3 Å². The van der Waals surface area contributed by atoms with Crippen molar-refractivity contribution in [1.82, 2.24) is 0 Å². The van der Waals surface area contributed by atoms with Crippen molar-refractivity contribution in [3.63, 3.8) is 0 Å². The molecule has 1 N–H and O–H groups in total. The number of rotatable bonds is 2. The van der Waals surface area contributed by atoms with E-state index in [1.54, 1.807) is 25.1 Å². The van der Waals surface area contributed by atoms with Crippen LogP contribution in [-0.2, 0) is 0 Å². The molecule has 4 heteroatoms. The number of hydrogen-bond acceptors (Lipinski definition) is 1. The van der Waals surface area contributed by atoms with Crippen molar-refractivity contribution in [2.75, 3.05) is 0 Å². The Kier molecular flexibility index (Phi) is 3.88. The Morgan fingerprint density at radius 2 is 1.63 bits per heavy atom. The molecule has 1 atom stereocenters. The lowest BCUT2D eigenvalue weighted by Gasteiger charge is -2.16. The van der Waals surface area contributed by atoms with Crippen LogP contribution in [0.1, 0.15) is 28.4 Å². The molecule has 2 rings (SSSR count). The largest absolute Gasteiger partial charge is 0.384 e. The van der Waals surface area contributed by atoms with E-state index in [0.29, 0.717) is 10.6 Å². The molecule has 1 unspecified atom stereocenters. The van der Waals surface area contributed by atoms with Gasteiger partial charge in [-0.05, 0) is 48.7 Å². The second-order valence-electron chi connectivity index (χ2n) is 4.53. The van der Waals surface area contributed by atoms with Gasteiger partial charge in [0.1, 0.15) is 17.7 Å². The third kappa shape index (κ3) is 2.77. The molecular formula is C15H13ClF2O. The molecule has 0 radical (unpaired) electrons. The monoisotopic (exact) mass is 282 g/mol. The third-order valence-electron chi connectivity index (χ3n) is 3.11. The molecule has 19 heavy (non-hydrogen) atoms. The fourth-order valence-corrected chi connectivity index (χ4v) is 2.14. The molecule has 0 aliphatic rings. The molecular weight excluding hydrogens is 270 g/mol. The molecule has 0 fully saturated rings. The van der Waals surface area contributed by atoms with E-state index in [4.69, 9.17) is 11.6 Å². The molecule has 0 saturated heterocycles. The fraction of sp³-hybridized carbons (Fsp3) is 0.200. The van der Waals surface area contributed by atoms with Crippen molar-refractivity contribution < 1.29 is 13.9 Å². The Hall–Kier alpha value is -1.45. The van der Waals surface area contributed by atoms with Gasteiger partial charge in [0.05, 0.1) is 0 Å². The first-order chi connectivity index (χ1) is 8.90. The lowest BCUT2D eigenvalue weighted by atomic mass is 9.96. The van der Waals surface area contributed by atoms with Crippen LogP contribution in [0.25, 0.3) is 0 Å². The molecule has 100 valence electrons. The van der Waals surface area contributed by atoms with Gasteiger partial charge in [0, 0.05) is 16.7 Å². The highest BCUT2D eigenvalue weighted by Crippen LogP contribution is 2.30. The first kappa shape index (κ1) is 14.0.